The van der Waals surface area contributed by atoms with Crippen LogP contribution in [0.4, 0.5) is 0 Å². The molecule has 2 rings (SSSR count). The first-order valence-electron chi connectivity index (χ1n) is 6.51. The first-order valence-corrected chi connectivity index (χ1v) is 7.92. The Kier molecular flexibility index (Phi) is 7.36. The molecule has 0 saturated heterocycles. The van der Waals surface area contributed by atoms with Gasteiger partial charge in [0.15, 0.2) is 0 Å². The van der Waals surface area contributed by atoms with Crippen LogP contribution in [0.1, 0.15) is 22.8 Å². The van der Waals surface area contributed by atoms with Crippen LogP contribution in [0.2, 0.25) is 0 Å². The van der Waals surface area contributed by atoms with Gasteiger partial charge in [-0.25, -0.2) is 0 Å². The van der Waals surface area contributed by atoms with Crippen molar-refractivity contribution in [2.45, 2.75) is 24.8 Å². The monoisotopic (exact) mass is 394 g/mol. The number of rotatable bonds is 5. The number of hydrogen-bond acceptors (Lipinski definition) is 4. The molecule has 1 atom stereocenters. The molecule has 1 radical (unpaired) electrons. The minimum Gasteiger partial charge on any atom is -0.398 e. The van der Waals surface area contributed by atoms with Crippen LogP contribution in [0, 0.1) is 19.9 Å². The van der Waals surface area contributed by atoms with E-state index in [-0.39, 0.29) is 44.2 Å². The molecule has 4 nitrogen and oxygen atoms in total. The van der Waals surface area contributed by atoms with Crippen molar-refractivity contribution in [2.75, 3.05) is 6.61 Å². The number of benzene rings is 2. The Morgan fingerprint density at radius 1 is 1.18 bits per heavy atom. The van der Waals surface area contributed by atoms with Gasteiger partial charge in [-0.3, -0.25) is 4.18 Å². The Balaban J connectivity index is 0.00000242. The average Bonchev–Trinajstić information content (AvgIpc) is 2.46. The predicted octanol–water partition coefficient (Wildman–Crippen LogP) is 2.54. The van der Waals surface area contributed by atoms with Crippen molar-refractivity contribution in [1.29, 1.82) is 0 Å². The molecule has 0 saturated carbocycles. The maximum absolute atomic E-state index is 12.0. The van der Waals surface area contributed by atoms with Gasteiger partial charge >= 0.3 is 0 Å². The molecule has 0 fully saturated rings. The van der Waals surface area contributed by atoms with E-state index in [1.807, 2.05) is 6.92 Å². The predicted molar refractivity (Wildman–Crippen MR) is 79.3 cm³/mol. The molecule has 0 spiro atoms. The molecular formula is C16H17O4SY-. The van der Waals surface area contributed by atoms with Gasteiger partial charge in [0.25, 0.3) is 10.1 Å². The van der Waals surface area contributed by atoms with E-state index in [1.54, 1.807) is 37.3 Å². The second-order valence-corrected chi connectivity index (χ2v) is 6.43. The molecule has 1 N–H and O–H groups in total. The average molecular weight is 394 g/mol. The molecule has 115 valence electrons. The zero-order valence-electron chi connectivity index (χ0n) is 12.5. The molecule has 0 amide bonds. The zero-order chi connectivity index (χ0) is 15.5. The summed E-state index contributed by atoms with van der Waals surface area (Å²) in [5, 5.41) is 10.0. The normalized spacial score (nSPS) is 12.5. The summed E-state index contributed by atoms with van der Waals surface area (Å²) in [6, 6.07) is 14.5. The van der Waals surface area contributed by atoms with E-state index in [2.05, 4.69) is 6.07 Å². The van der Waals surface area contributed by atoms with Gasteiger partial charge in [-0.15, -0.1) is 5.56 Å². The Hall–Kier alpha value is -0.586. The van der Waals surface area contributed by atoms with Crippen LogP contribution < -0.4 is 0 Å². The van der Waals surface area contributed by atoms with Crippen molar-refractivity contribution in [1.82, 2.24) is 0 Å². The van der Waals surface area contributed by atoms with Crippen LogP contribution in [0.25, 0.3) is 0 Å². The van der Waals surface area contributed by atoms with Gasteiger partial charge in [-0.2, -0.15) is 38.2 Å². The summed E-state index contributed by atoms with van der Waals surface area (Å²) in [5.74, 6) is 0. The standard InChI is InChI=1S/C16H17O4S.Y/c1-12-7-9-14(10-8-12)21(18,19)20-11-16(17)15-6-4-3-5-13(15)2;/h3-4,6-10,16-17H,11H2,1-2H3;/q-1;/t16-;/m1./s1. The van der Waals surface area contributed by atoms with Crippen molar-refractivity contribution in [3.05, 3.63) is 65.2 Å². The summed E-state index contributed by atoms with van der Waals surface area (Å²) in [7, 11) is -3.86. The second kappa shape index (κ2) is 8.32. The SMILES string of the molecule is Cc1ccc(S(=O)(=O)OC[C@@H](O)c2ccc[c-]c2C)cc1.[Y]. The molecule has 6 heteroatoms. The van der Waals surface area contributed by atoms with E-state index in [0.29, 0.717) is 5.56 Å². The number of aliphatic hydroxyl groups excluding tert-OH is 1. The van der Waals surface area contributed by atoms with Crippen LogP contribution >= 0.6 is 0 Å². The maximum Gasteiger partial charge on any atom is 0.297 e. The summed E-state index contributed by atoms with van der Waals surface area (Å²) >= 11 is 0. The Morgan fingerprint density at radius 2 is 1.82 bits per heavy atom. The maximum atomic E-state index is 12.0. The van der Waals surface area contributed by atoms with Gasteiger partial charge < -0.3 is 5.11 Å². The molecule has 22 heavy (non-hydrogen) atoms. The van der Waals surface area contributed by atoms with Crippen LogP contribution in [0.3, 0.4) is 0 Å². The van der Waals surface area contributed by atoms with E-state index in [1.165, 1.54) is 12.1 Å². The smallest absolute Gasteiger partial charge is 0.297 e. The van der Waals surface area contributed by atoms with Gasteiger partial charge in [0, 0.05) is 32.7 Å². The van der Waals surface area contributed by atoms with Crippen LogP contribution in [-0.4, -0.2) is 20.1 Å². The van der Waals surface area contributed by atoms with Gasteiger partial charge in [0.05, 0.1) is 17.6 Å². The summed E-state index contributed by atoms with van der Waals surface area (Å²) in [5.41, 5.74) is 2.34. The van der Waals surface area contributed by atoms with Crippen LogP contribution in [-0.2, 0) is 47.0 Å². The second-order valence-electron chi connectivity index (χ2n) is 4.82. The molecule has 0 unspecified atom stereocenters. The molecule has 2 aromatic rings. The Morgan fingerprint density at radius 3 is 2.41 bits per heavy atom. The Bertz CT molecular complexity index is 711. The van der Waals surface area contributed by atoms with Crippen molar-refractivity contribution in [3.63, 3.8) is 0 Å². The van der Waals surface area contributed by atoms with Gasteiger partial charge in [-0.1, -0.05) is 24.6 Å². The van der Waals surface area contributed by atoms with E-state index < -0.39 is 16.2 Å². The summed E-state index contributed by atoms with van der Waals surface area (Å²) in [6.45, 7) is 3.34. The van der Waals surface area contributed by atoms with Crippen molar-refractivity contribution >= 4 is 10.1 Å². The molecule has 0 aromatic heterocycles. The molecule has 2 aromatic carbocycles. The van der Waals surface area contributed by atoms with Gasteiger partial charge in [0.2, 0.25) is 0 Å². The minimum atomic E-state index is -3.86. The molecule has 0 aliphatic carbocycles. The fourth-order valence-corrected chi connectivity index (χ4v) is 2.82. The number of aryl methyl sites for hydroxylation is 2. The summed E-state index contributed by atoms with van der Waals surface area (Å²) < 4.78 is 29.0. The van der Waals surface area contributed by atoms with E-state index in [0.717, 1.165) is 11.1 Å². The van der Waals surface area contributed by atoms with E-state index >= 15 is 0 Å². The summed E-state index contributed by atoms with van der Waals surface area (Å²) in [6.07, 6.45) is -1.01. The number of hydrogen-bond donors (Lipinski definition) is 1. The Labute approximate surface area is 156 Å². The van der Waals surface area contributed by atoms with Crippen molar-refractivity contribution < 1.29 is 50.4 Å². The third kappa shape index (κ3) is 4.96. The summed E-state index contributed by atoms with van der Waals surface area (Å²) in [4.78, 5) is 0.0802. The van der Waals surface area contributed by atoms with Gasteiger partial charge in [0.1, 0.15) is 0 Å². The van der Waals surface area contributed by atoms with Crippen molar-refractivity contribution in [2.24, 2.45) is 0 Å². The zero-order valence-corrected chi connectivity index (χ0v) is 16.1. The molecule has 0 bridgehead atoms. The van der Waals surface area contributed by atoms with E-state index in [4.69, 9.17) is 4.18 Å². The molecule has 0 aliphatic rings. The number of aliphatic hydroxyl groups is 1. The third-order valence-electron chi connectivity index (χ3n) is 3.15. The molecular weight excluding hydrogens is 377 g/mol. The van der Waals surface area contributed by atoms with Crippen LogP contribution in [0.15, 0.2) is 47.4 Å². The van der Waals surface area contributed by atoms with Crippen LogP contribution in [0.5, 0.6) is 0 Å². The largest absolute Gasteiger partial charge is 0.398 e. The molecule has 0 aliphatic heterocycles. The van der Waals surface area contributed by atoms with Crippen molar-refractivity contribution in [3.8, 4) is 0 Å². The topological polar surface area (TPSA) is 63.6 Å². The quantitative estimate of drug-likeness (QED) is 0.626. The minimum absolute atomic E-state index is 0. The first-order chi connectivity index (χ1) is 9.90. The fraction of sp³-hybridized carbons (Fsp3) is 0.250. The van der Waals surface area contributed by atoms with Gasteiger partial charge in [-0.05, 0) is 19.1 Å². The fourth-order valence-electron chi connectivity index (χ4n) is 1.91. The molecule has 0 heterocycles. The third-order valence-corrected chi connectivity index (χ3v) is 4.45. The van der Waals surface area contributed by atoms with E-state index in [9.17, 15) is 13.5 Å². The first kappa shape index (κ1) is 19.5.